The molecule has 1 fully saturated rings. The average Bonchev–Trinajstić information content (AvgIpc) is 2.30. The van der Waals surface area contributed by atoms with Gasteiger partial charge in [0.05, 0.1) is 19.1 Å². The molecule has 1 rings (SSSR count). The van der Waals surface area contributed by atoms with Crippen LogP contribution in [-0.4, -0.2) is 25.2 Å². The first-order chi connectivity index (χ1) is 6.24. The molecule has 0 aromatic carbocycles. The van der Waals surface area contributed by atoms with Gasteiger partial charge in [-0.3, -0.25) is 9.59 Å². The van der Waals surface area contributed by atoms with Crippen LogP contribution in [0.2, 0.25) is 0 Å². The Kier molecular flexibility index (Phi) is 3.73. The van der Waals surface area contributed by atoms with Crippen molar-refractivity contribution in [3.05, 3.63) is 0 Å². The van der Waals surface area contributed by atoms with Gasteiger partial charge in [-0.1, -0.05) is 0 Å². The number of ether oxygens (including phenoxy) is 2. The molecule has 4 heteroatoms. The number of esters is 2. The van der Waals surface area contributed by atoms with Gasteiger partial charge in [0.1, 0.15) is 0 Å². The summed E-state index contributed by atoms with van der Waals surface area (Å²) in [6, 6.07) is 0. The maximum absolute atomic E-state index is 11.3. The SMILES string of the molecule is CCOC(=O)[C@@H]1CCOC(=O)CC1. The van der Waals surface area contributed by atoms with Gasteiger partial charge < -0.3 is 9.47 Å². The molecule has 0 aliphatic carbocycles. The summed E-state index contributed by atoms with van der Waals surface area (Å²) in [4.78, 5) is 22.1. The third-order valence-corrected chi connectivity index (χ3v) is 2.05. The maximum atomic E-state index is 11.3. The summed E-state index contributed by atoms with van der Waals surface area (Å²) in [5.41, 5.74) is 0. The van der Waals surface area contributed by atoms with E-state index < -0.39 is 0 Å². The van der Waals surface area contributed by atoms with Crippen LogP contribution in [0.5, 0.6) is 0 Å². The first-order valence-electron chi connectivity index (χ1n) is 4.56. The molecule has 1 saturated heterocycles. The molecule has 13 heavy (non-hydrogen) atoms. The van der Waals surface area contributed by atoms with Crippen LogP contribution >= 0.6 is 0 Å². The Morgan fingerprint density at radius 3 is 3.08 bits per heavy atom. The minimum absolute atomic E-state index is 0.161. The highest BCUT2D eigenvalue weighted by molar-refractivity contribution is 5.75. The molecule has 0 radical (unpaired) electrons. The molecule has 0 aromatic rings. The van der Waals surface area contributed by atoms with Crippen LogP contribution in [0.4, 0.5) is 0 Å². The van der Waals surface area contributed by atoms with E-state index >= 15 is 0 Å². The Balaban J connectivity index is 2.41. The lowest BCUT2D eigenvalue weighted by atomic mass is 10.0. The smallest absolute Gasteiger partial charge is 0.309 e. The van der Waals surface area contributed by atoms with Gasteiger partial charge >= 0.3 is 11.9 Å². The van der Waals surface area contributed by atoms with Crippen LogP contribution in [0.15, 0.2) is 0 Å². The van der Waals surface area contributed by atoms with E-state index in [0.29, 0.717) is 32.5 Å². The largest absolute Gasteiger partial charge is 0.466 e. The number of hydrogen-bond donors (Lipinski definition) is 0. The van der Waals surface area contributed by atoms with Crippen LogP contribution in [0.3, 0.4) is 0 Å². The van der Waals surface area contributed by atoms with Gasteiger partial charge in [0.2, 0.25) is 0 Å². The average molecular weight is 186 g/mol. The van der Waals surface area contributed by atoms with Gasteiger partial charge in [0.25, 0.3) is 0 Å². The summed E-state index contributed by atoms with van der Waals surface area (Å²) in [6.07, 6.45) is 1.46. The van der Waals surface area contributed by atoms with Crippen molar-refractivity contribution in [3.8, 4) is 0 Å². The molecule has 74 valence electrons. The van der Waals surface area contributed by atoms with Crippen molar-refractivity contribution in [2.45, 2.75) is 26.2 Å². The number of hydrogen-bond acceptors (Lipinski definition) is 4. The summed E-state index contributed by atoms with van der Waals surface area (Å²) >= 11 is 0. The van der Waals surface area contributed by atoms with E-state index in [1.165, 1.54) is 0 Å². The van der Waals surface area contributed by atoms with Gasteiger partial charge in [-0.25, -0.2) is 0 Å². The highest BCUT2D eigenvalue weighted by Gasteiger charge is 2.24. The van der Waals surface area contributed by atoms with E-state index in [1.54, 1.807) is 6.92 Å². The fourth-order valence-electron chi connectivity index (χ4n) is 1.32. The predicted molar refractivity (Wildman–Crippen MR) is 44.9 cm³/mol. The van der Waals surface area contributed by atoms with Gasteiger partial charge in [-0.05, 0) is 19.8 Å². The Morgan fingerprint density at radius 2 is 2.38 bits per heavy atom. The first kappa shape index (κ1) is 10.0. The monoisotopic (exact) mass is 186 g/mol. The Bertz CT molecular complexity index is 200. The second-order valence-corrected chi connectivity index (χ2v) is 3.00. The number of carbonyl (C=O) groups is 2. The molecule has 1 heterocycles. The summed E-state index contributed by atoms with van der Waals surface area (Å²) in [5.74, 6) is -0.584. The van der Waals surface area contributed by atoms with E-state index in [9.17, 15) is 9.59 Å². The van der Waals surface area contributed by atoms with Crippen molar-refractivity contribution in [1.29, 1.82) is 0 Å². The highest BCUT2D eigenvalue weighted by atomic mass is 16.5. The quantitative estimate of drug-likeness (QED) is 0.601. The predicted octanol–water partition coefficient (Wildman–Crippen LogP) is 0.893. The van der Waals surface area contributed by atoms with E-state index in [0.717, 1.165) is 0 Å². The summed E-state index contributed by atoms with van der Waals surface area (Å²) in [5, 5.41) is 0. The highest BCUT2D eigenvalue weighted by Crippen LogP contribution is 2.17. The number of rotatable bonds is 2. The first-order valence-corrected chi connectivity index (χ1v) is 4.56. The fourth-order valence-corrected chi connectivity index (χ4v) is 1.32. The molecule has 1 aliphatic heterocycles. The third-order valence-electron chi connectivity index (χ3n) is 2.05. The summed E-state index contributed by atoms with van der Waals surface area (Å²) < 4.78 is 9.68. The van der Waals surface area contributed by atoms with Crippen molar-refractivity contribution < 1.29 is 19.1 Å². The molecule has 0 aromatic heterocycles. The van der Waals surface area contributed by atoms with Gasteiger partial charge in [0, 0.05) is 6.42 Å². The van der Waals surface area contributed by atoms with Crippen molar-refractivity contribution in [2.24, 2.45) is 5.92 Å². The van der Waals surface area contributed by atoms with Crippen LogP contribution < -0.4 is 0 Å². The molecule has 1 aliphatic rings. The standard InChI is InChI=1S/C9H14O4/c1-2-12-9(11)7-3-4-8(10)13-6-5-7/h7H,2-6H2,1H3/t7-/m0/s1. The van der Waals surface area contributed by atoms with E-state index in [2.05, 4.69) is 0 Å². The zero-order valence-corrected chi connectivity index (χ0v) is 7.75. The second kappa shape index (κ2) is 4.84. The number of carbonyl (C=O) groups excluding carboxylic acids is 2. The van der Waals surface area contributed by atoms with Crippen LogP contribution in [0.1, 0.15) is 26.2 Å². The van der Waals surface area contributed by atoms with Crippen LogP contribution in [0.25, 0.3) is 0 Å². The minimum Gasteiger partial charge on any atom is -0.466 e. The Morgan fingerprint density at radius 1 is 1.62 bits per heavy atom. The van der Waals surface area contributed by atoms with Gasteiger partial charge in [0.15, 0.2) is 0 Å². The van der Waals surface area contributed by atoms with E-state index in [-0.39, 0.29) is 17.9 Å². The van der Waals surface area contributed by atoms with Crippen molar-refractivity contribution in [2.75, 3.05) is 13.2 Å². The topological polar surface area (TPSA) is 52.6 Å². The Hall–Kier alpha value is -1.06. The Labute approximate surface area is 77.2 Å². The normalized spacial score (nSPS) is 23.2. The molecular formula is C9H14O4. The van der Waals surface area contributed by atoms with Crippen LogP contribution in [-0.2, 0) is 19.1 Å². The summed E-state index contributed by atoms with van der Waals surface area (Å²) in [6.45, 7) is 2.50. The lowest BCUT2D eigenvalue weighted by Crippen LogP contribution is -2.17. The zero-order valence-electron chi connectivity index (χ0n) is 7.75. The van der Waals surface area contributed by atoms with E-state index in [1.807, 2.05) is 0 Å². The zero-order chi connectivity index (χ0) is 9.68. The molecule has 4 nitrogen and oxygen atoms in total. The van der Waals surface area contributed by atoms with E-state index in [4.69, 9.17) is 9.47 Å². The molecule has 1 atom stereocenters. The molecule has 0 spiro atoms. The molecular weight excluding hydrogens is 172 g/mol. The van der Waals surface area contributed by atoms with Gasteiger partial charge in [-0.15, -0.1) is 0 Å². The molecule has 0 saturated carbocycles. The second-order valence-electron chi connectivity index (χ2n) is 3.00. The van der Waals surface area contributed by atoms with Crippen molar-refractivity contribution in [1.82, 2.24) is 0 Å². The number of cyclic esters (lactones) is 1. The lowest BCUT2D eigenvalue weighted by molar-refractivity contribution is -0.148. The summed E-state index contributed by atoms with van der Waals surface area (Å²) in [7, 11) is 0. The van der Waals surface area contributed by atoms with Crippen molar-refractivity contribution >= 4 is 11.9 Å². The van der Waals surface area contributed by atoms with Gasteiger partial charge in [-0.2, -0.15) is 0 Å². The maximum Gasteiger partial charge on any atom is 0.309 e. The minimum atomic E-state index is -0.216. The van der Waals surface area contributed by atoms with Crippen LogP contribution in [0, 0.1) is 5.92 Å². The molecule has 0 N–H and O–H groups in total. The van der Waals surface area contributed by atoms with Crippen molar-refractivity contribution in [3.63, 3.8) is 0 Å². The molecule has 0 bridgehead atoms. The molecule has 0 amide bonds. The fraction of sp³-hybridized carbons (Fsp3) is 0.778. The lowest BCUT2D eigenvalue weighted by Gasteiger charge is -2.10. The molecule has 0 unspecified atom stereocenters. The third kappa shape index (κ3) is 3.05.